The van der Waals surface area contributed by atoms with Gasteiger partial charge in [0.15, 0.2) is 0 Å². The highest BCUT2D eigenvalue weighted by Crippen LogP contribution is 2.28. The lowest BCUT2D eigenvalue weighted by Crippen LogP contribution is -2.19. The molecule has 0 amide bonds. The van der Waals surface area contributed by atoms with Crippen LogP contribution in [-0.2, 0) is 0 Å². The maximum Gasteiger partial charge on any atom is 0.394 e. The fraction of sp³-hybridized carbons (Fsp3) is 0.400. The average Bonchev–Trinajstić information content (AvgIpc) is 2.56. The number of halogens is 2. The maximum absolute atomic E-state index is 12.9. The lowest BCUT2D eigenvalue weighted by molar-refractivity contribution is -0.158. The Hall–Kier alpha value is -2.50. The van der Waals surface area contributed by atoms with Crippen LogP contribution in [0.4, 0.5) is 20.3 Å². The SMILES string of the molecule is CCC(CC)C(=N)c1c(C)ccnc1Nc1ccc(OC(C)(F)F)cc1. The Morgan fingerprint density at radius 3 is 2.35 bits per heavy atom. The van der Waals surface area contributed by atoms with Gasteiger partial charge in [0.2, 0.25) is 0 Å². The van der Waals surface area contributed by atoms with Crippen LogP contribution in [0.25, 0.3) is 0 Å². The third-order valence-corrected chi connectivity index (χ3v) is 4.24. The Morgan fingerprint density at radius 1 is 1.19 bits per heavy atom. The van der Waals surface area contributed by atoms with Crippen LogP contribution in [0.15, 0.2) is 36.5 Å². The van der Waals surface area contributed by atoms with E-state index in [1.54, 1.807) is 18.3 Å². The van der Waals surface area contributed by atoms with Gasteiger partial charge in [0, 0.05) is 36.0 Å². The summed E-state index contributed by atoms with van der Waals surface area (Å²) in [4.78, 5) is 4.39. The van der Waals surface area contributed by atoms with Crippen molar-refractivity contribution in [2.24, 2.45) is 5.92 Å². The van der Waals surface area contributed by atoms with E-state index in [1.807, 2.05) is 13.0 Å². The van der Waals surface area contributed by atoms with Gasteiger partial charge in [-0.3, -0.25) is 0 Å². The number of ether oxygens (including phenoxy) is 1. The van der Waals surface area contributed by atoms with Gasteiger partial charge in [-0.15, -0.1) is 0 Å². The second-order valence-corrected chi connectivity index (χ2v) is 6.34. The number of hydrogen-bond donors (Lipinski definition) is 2. The van der Waals surface area contributed by atoms with E-state index in [9.17, 15) is 8.78 Å². The molecule has 4 nitrogen and oxygen atoms in total. The minimum atomic E-state index is -3.22. The number of hydrogen-bond acceptors (Lipinski definition) is 4. The van der Waals surface area contributed by atoms with Crippen molar-refractivity contribution in [2.45, 2.75) is 46.6 Å². The zero-order valence-electron chi connectivity index (χ0n) is 15.6. The summed E-state index contributed by atoms with van der Waals surface area (Å²) in [5.41, 5.74) is 3.02. The molecule has 2 N–H and O–H groups in total. The topological polar surface area (TPSA) is 58.0 Å². The number of aromatic nitrogens is 1. The van der Waals surface area contributed by atoms with Crippen LogP contribution in [0.1, 0.15) is 44.7 Å². The normalized spacial score (nSPS) is 11.5. The smallest absolute Gasteiger partial charge is 0.394 e. The van der Waals surface area contributed by atoms with E-state index in [4.69, 9.17) is 5.41 Å². The molecule has 0 saturated carbocycles. The van der Waals surface area contributed by atoms with Crippen molar-refractivity contribution in [2.75, 3.05) is 5.32 Å². The van der Waals surface area contributed by atoms with Gasteiger partial charge in [0.25, 0.3) is 0 Å². The fourth-order valence-corrected chi connectivity index (χ4v) is 2.84. The first-order chi connectivity index (χ1) is 12.2. The Bertz CT molecular complexity index is 751. The molecule has 0 aliphatic rings. The zero-order valence-corrected chi connectivity index (χ0v) is 15.6. The summed E-state index contributed by atoms with van der Waals surface area (Å²) in [6.07, 6.45) is 0.252. The van der Waals surface area contributed by atoms with E-state index < -0.39 is 6.11 Å². The predicted molar refractivity (Wildman–Crippen MR) is 101 cm³/mol. The fourth-order valence-electron chi connectivity index (χ4n) is 2.84. The molecule has 0 fully saturated rings. The molecule has 0 bridgehead atoms. The van der Waals surface area contributed by atoms with Gasteiger partial charge >= 0.3 is 6.11 Å². The number of benzene rings is 1. The molecule has 26 heavy (non-hydrogen) atoms. The summed E-state index contributed by atoms with van der Waals surface area (Å²) in [6.45, 7) is 6.80. The van der Waals surface area contributed by atoms with E-state index in [0.29, 0.717) is 24.1 Å². The summed E-state index contributed by atoms with van der Waals surface area (Å²) < 4.78 is 30.4. The molecule has 0 spiro atoms. The van der Waals surface area contributed by atoms with Crippen LogP contribution in [0.2, 0.25) is 0 Å². The van der Waals surface area contributed by atoms with E-state index in [1.165, 1.54) is 12.1 Å². The molecular weight excluding hydrogens is 336 g/mol. The van der Waals surface area contributed by atoms with Crippen LogP contribution < -0.4 is 10.1 Å². The van der Waals surface area contributed by atoms with Crippen molar-refractivity contribution in [1.29, 1.82) is 5.41 Å². The Balaban J connectivity index is 2.27. The van der Waals surface area contributed by atoms with Crippen LogP contribution in [0, 0.1) is 18.3 Å². The number of rotatable bonds is 8. The monoisotopic (exact) mass is 361 g/mol. The summed E-state index contributed by atoms with van der Waals surface area (Å²) in [6, 6.07) is 8.13. The lowest BCUT2D eigenvalue weighted by atomic mass is 9.90. The van der Waals surface area contributed by atoms with Crippen LogP contribution in [0.3, 0.4) is 0 Å². The Kier molecular flexibility index (Phi) is 6.29. The van der Waals surface area contributed by atoms with Crippen molar-refractivity contribution in [1.82, 2.24) is 4.98 Å². The van der Waals surface area contributed by atoms with E-state index >= 15 is 0 Å². The largest absolute Gasteiger partial charge is 0.433 e. The molecule has 140 valence electrons. The first-order valence-electron chi connectivity index (χ1n) is 8.73. The first kappa shape index (κ1) is 19.8. The first-order valence-corrected chi connectivity index (χ1v) is 8.73. The molecule has 1 aromatic heterocycles. The minimum absolute atomic E-state index is 0.0882. The molecule has 0 radical (unpaired) electrons. The molecule has 0 atom stereocenters. The zero-order chi connectivity index (χ0) is 19.3. The highest BCUT2D eigenvalue weighted by molar-refractivity contribution is 6.05. The standard InChI is InChI=1S/C20H25F2N3O/c1-5-14(6-2)18(23)17-13(3)11-12-24-19(17)25-15-7-9-16(10-8-15)26-20(4,21)22/h7-12,14,23H,5-6H2,1-4H3,(H,24,25). The highest BCUT2D eigenvalue weighted by Gasteiger charge is 2.23. The molecule has 0 unspecified atom stereocenters. The summed E-state index contributed by atoms with van der Waals surface area (Å²) in [5.74, 6) is 0.850. The van der Waals surface area contributed by atoms with E-state index in [0.717, 1.165) is 24.0 Å². The van der Waals surface area contributed by atoms with Gasteiger partial charge in [-0.05, 0) is 55.7 Å². The van der Waals surface area contributed by atoms with E-state index in [2.05, 4.69) is 28.9 Å². The maximum atomic E-state index is 12.9. The van der Waals surface area contributed by atoms with Gasteiger partial charge in [-0.2, -0.15) is 8.78 Å². The lowest BCUT2D eigenvalue weighted by Gasteiger charge is -2.19. The number of alkyl halides is 2. The third-order valence-electron chi connectivity index (χ3n) is 4.24. The third kappa shape index (κ3) is 5.00. The van der Waals surface area contributed by atoms with Gasteiger partial charge in [0.05, 0.1) is 0 Å². The summed E-state index contributed by atoms with van der Waals surface area (Å²) >= 11 is 0. The summed E-state index contributed by atoms with van der Waals surface area (Å²) in [5, 5.41) is 11.8. The summed E-state index contributed by atoms with van der Waals surface area (Å²) in [7, 11) is 0. The van der Waals surface area contributed by atoms with Crippen molar-refractivity contribution in [3.05, 3.63) is 47.7 Å². The highest BCUT2D eigenvalue weighted by atomic mass is 19.3. The molecule has 1 heterocycles. The van der Waals surface area contributed by atoms with Gasteiger partial charge in [-0.25, -0.2) is 4.98 Å². The molecule has 0 saturated heterocycles. The van der Waals surface area contributed by atoms with Crippen molar-refractivity contribution < 1.29 is 13.5 Å². The molecule has 2 rings (SSSR count). The number of anilines is 2. The van der Waals surface area contributed by atoms with Gasteiger partial charge < -0.3 is 15.5 Å². The van der Waals surface area contributed by atoms with Crippen LogP contribution in [0.5, 0.6) is 5.75 Å². The van der Waals surface area contributed by atoms with Gasteiger partial charge in [-0.1, -0.05) is 13.8 Å². The van der Waals surface area contributed by atoms with Crippen molar-refractivity contribution in [3.63, 3.8) is 0 Å². The molecule has 6 heteroatoms. The van der Waals surface area contributed by atoms with Crippen molar-refractivity contribution in [3.8, 4) is 5.75 Å². The molecule has 0 aliphatic heterocycles. The number of nitrogens with zero attached hydrogens (tertiary/aromatic N) is 1. The second-order valence-electron chi connectivity index (χ2n) is 6.34. The number of aryl methyl sites for hydroxylation is 1. The Morgan fingerprint density at radius 2 is 1.81 bits per heavy atom. The van der Waals surface area contributed by atoms with Crippen molar-refractivity contribution >= 4 is 17.2 Å². The van der Waals surface area contributed by atoms with Crippen LogP contribution in [-0.4, -0.2) is 16.8 Å². The van der Waals surface area contributed by atoms with Gasteiger partial charge in [0.1, 0.15) is 11.6 Å². The molecular formula is C20H25F2N3O. The molecule has 1 aromatic carbocycles. The number of nitrogens with one attached hydrogen (secondary N) is 2. The van der Waals surface area contributed by atoms with Crippen LogP contribution >= 0.6 is 0 Å². The Labute approximate surface area is 153 Å². The number of pyridine rings is 1. The quantitative estimate of drug-likeness (QED) is 0.573. The predicted octanol–water partition coefficient (Wildman–Crippen LogP) is 5.93. The minimum Gasteiger partial charge on any atom is -0.433 e. The molecule has 0 aliphatic carbocycles. The molecule has 2 aromatic rings. The average molecular weight is 361 g/mol. The van der Waals surface area contributed by atoms with E-state index in [-0.39, 0.29) is 11.7 Å². The second kappa shape index (κ2) is 8.25.